The van der Waals surface area contributed by atoms with Crippen LogP contribution in [0.5, 0.6) is 0 Å². The SMILES string of the molecule is Cc1ccc2[nH+]c3ccc4[nH]c5ccccc5c4c3cc2c1C. The molecule has 0 fully saturated rings. The van der Waals surface area contributed by atoms with Crippen LogP contribution in [0.1, 0.15) is 11.1 Å². The Morgan fingerprint density at radius 3 is 2.43 bits per heavy atom. The van der Waals surface area contributed by atoms with E-state index in [0.717, 1.165) is 0 Å². The molecule has 2 aromatic heterocycles. The Labute approximate surface area is 133 Å². The largest absolute Gasteiger partial charge is 0.354 e. The Balaban J connectivity index is 2.07. The average molecular weight is 297 g/mol. The highest BCUT2D eigenvalue weighted by atomic mass is 14.7. The van der Waals surface area contributed by atoms with Crippen molar-refractivity contribution in [3.63, 3.8) is 0 Å². The van der Waals surface area contributed by atoms with Crippen molar-refractivity contribution < 1.29 is 4.98 Å². The maximum absolute atomic E-state index is 3.61. The van der Waals surface area contributed by atoms with E-state index in [4.69, 9.17) is 0 Å². The summed E-state index contributed by atoms with van der Waals surface area (Å²) in [5.41, 5.74) is 7.43. The lowest BCUT2D eigenvalue weighted by atomic mass is 10.0. The summed E-state index contributed by atoms with van der Waals surface area (Å²) in [5.74, 6) is 0. The fraction of sp³-hybridized carbons (Fsp3) is 0.0952. The third-order valence-corrected chi connectivity index (χ3v) is 5.05. The second-order valence-corrected chi connectivity index (χ2v) is 6.36. The minimum absolute atomic E-state index is 1.18. The summed E-state index contributed by atoms with van der Waals surface area (Å²) < 4.78 is 0. The van der Waals surface area contributed by atoms with Crippen molar-refractivity contribution in [1.29, 1.82) is 0 Å². The molecule has 0 radical (unpaired) electrons. The van der Waals surface area contributed by atoms with Crippen molar-refractivity contribution in [1.82, 2.24) is 4.98 Å². The normalized spacial score (nSPS) is 11.9. The second kappa shape index (κ2) is 4.32. The molecule has 0 spiro atoms. The lowest BCUT2D eigenvalue weighted by Gasteiger charge is -2.04. The van der Waals surface area contributed by atoms with Crippen LogP contribution < -0.4 is 4.98 Å². The van der Waals surface area contributed by atoms with E-state index in [2.05, 4.69) is 78.4 Å². The first-order chi connectivity index (χ1) is 11.2. The van der Waals surface area contributed by atoms with Crippen molar-refractivity contribution in [2.45, 2.75) is 13.8 Å². The Morgan fingerprint density at radius 2 is 1.52 bits per heavy atom. The number of aromatic amines is 2. The molecule has 0 atom stereocenters. The van der Waals surface area contributed by atoms with Crippen LogP contribution in [0, 0.1) is 13.8 Å². The smallest absolute Gasteiger partial charge is 0.212 e. The van der Waals surface area contributed by atoms with Gasteiger partial charge in [0.1, 0.15) is 0 Å². The van der Waals surface area contributed by atoms with Crippen LogP contribution in [-0.2, 0) is 0 Å². The first-order valence-electron chi connectivity index (χ1n) is 7.98. The molecular weight excluding hydrogens is 280 g/mol. The molecule has 2 heteroatoms. The van der Waals surface area contributed by atoms with E-state index < -0.39 is 0 Å². The van der Waals surface area contributed by atoms with Crippen LogP contribution in [0.15, 0.2) is 54.6 Å². The van der Waals surface area contributed by atoms with E-state index in [1.54, 1.807) is 0 Å². The number of nitrogens with one attached hydrogen (secondary N) is 2. The van der Waals surface area contributed by atoms with Crippen molar-refractivity contribution in [3.05, 3.63) is 65.7 Å². The van der Waals surface area contributed by atoms with E-state index in [1.807, 2.05) is 0 Å². The van der Waals surface area contributed by atoms with E-state index >= 15 is 0 Å². The molecule has 3 aromatic carbocycles. The number of aromatic nitrogens is 2. The zero-order valence-electron chi connectivity index (χ0n) is 13.2. The van der Waals surface area contributed by atoms with Crippen molar-refractivity contribution in [2.24, 2.45) is 0 Å². The Bertz CT molecular complexity index is 1230. The molecule has 0 aliphatic carbocycles. The minimum atomic E-state index is 1.18. The van der Waals surface area contributed by atoms with Gasteiger partial charge < -0.3 is 4.98 Å². The summed E-state index contributed by atoms with van der Waals surface area (Å²) >= 11 is 0. The van der Waals surface area contributed by atoms with Gasteiger partial charge in [0.05, 0.1) is 10.8 Å². The van der Waals surface area contributed by atoms with Gasteiger partial charge in [0.15, 0.2) is 0 Å². The average Bonchev–Trinajstić information content (AvgIpc) is 2.96. The molecular formula is C21H17N2+. The molecule has 0 amide bonds. The van der Waals surface area contributed by atoms with E-state index in [9.17, 15) is 0 Å². The third-order valence-electron chi connectivity index (χ3n) is 5.05. The number of pyridine rings is 1. The zero-order valence-corrected chi connectivity index (χ0v) is 13.2. The number of benzene rings is 3. The van der Waals surface area contributed by atoms with Gasteiger partial charge >= 0.3 is 0 Å². The van der Waals surface area contributed by atoms with Crippen LogP contribution >= 0.6 is 0 Å². The topological polar surface area (TPSA) is 29.9 Å². The molecule has 110 valence electrons. The molecule has 5 rings (SSSR count). The highest BCUT2D eigenvalue weighted by Gasteiger charge is 2.14. The number of aryl methyl sites for hydroxylation is 2. The van der Waals surface area contributed by atoms with E-state index in [1.165, 1.54) is 54.7 Å². The van der Waals surface area contributed by atoms with Gasteiger partial charge in [-0.2, -0.15) is 0 Å². The lowest BCUT2D eigenvalue weighted by Crippen LogP contribution is -2.06. The number of rotatable bonds is 0. The van der Waals surface area contributed by atoms with Gasteiger partial charge in [-0.05, 0) is 43.2 Å². The molecule has 0 bridgehead atoms. The highest BCUT2D eigenvalue weighted by Crippen LogP contribution is 2.32. The first-order valence-corrected chi connectivity index (χ1v) is 7.98. The molecule has 2 nitrogen and oxygen atoms in total. The van der Waals surface area contributed by atoms with Crippen molar-refractivity contribution in [2.75, 3.05) is 0 Å². The fourth-order valence-corrected chi connectivity index (χ4v) is 3.65. The van der Waals surface area contributed by atoms with Gasteiger partial charge in [-0.25, -0.2) is 4.98 Å². The molecule has 0 saturated heterocycles. The van der Waals surface area contributed by atoms with Gasteiger partial charge in [0, 0.05) is 33.9 Å². The van der Waals surface area contributed by atoms with Gasteiger partial charge in [-0.1, -0.05) is 24.3 Å². The van der Waals surface area contributed by atoms with E-state index in [0.29, 0.717) is 0 Å². The minimum Gasteiger partial charge on any atom is -0.354 e. The standard InChI is InChI=1S/C21H16N2/c1-12-7-8-18-15(13(12)2)11-16-19(22-18)9-10-20-21(16)14-5-3-4-6-17(14)23-20/h3-11,23H,1-2H3/p+1. The van der Waals surface area contributed by atoms with Gasteiger partial charge in [0.2, 0.25) is 11.0 Å². The maximum Gasteiger partial charge on any atom is 0.212 e. The monoisotopic (exact) mass is 297 g/mol. The molecule has 2 heterocycles. The lowest BCUT2D eigenvalue weighted by molar-refractivity contribution is -0.310. The Kier molecular flexibility index (Phi) is 2.38. The Morgan fingerprint density at radius 1 is 0.739 bits per heavy atom. The van der Waals surface area contributed by atoms with Crippen molar-refractivity contribution >= 4 is 43.6 Å². The molecule has 23 heavy (non-hydrogen) atoms. The van der Waals surface area contributed by atoms with Crippen LogP contribution in [0.25, 0.3) is 43.6 Å². The number of hydrogen-bond acceptors (Lipinski definition) is 0. The number of hydrogen-bond donors (Lipinski definition) is 1. The summed E-state index contributed by atoms with van der Waals surface area (Å²) in [6.45, 7) is 4.37. The third kappa shape index (κ3) is 1.66. The number of fused-ring (bicyclic) bond motifs is 6. The van der Waals surface area contributed by atoms with Crippen LogP contribution in [0.4, 0.5) is 0 Å². The summed E-state index contributed by atoms with van der Waals surface area (Å²) in [6.07, 6.45) is 0. The maximum atomic E-state index is 3.61. The molecule has 0 aliphatic heterocycles. The first kappa shape index (κ1) is 12.7. The molecule has 5 aromatic rings. The molecule has 0 aliphatic rings. The highest BCUT2D eigenvalue weighted by molar-refractivity contribution is 6.20. The quantitative estimate of drug-likeness (QED) is 0.387. The predicted octanol–water partition coefficient (Wildman–Crippen LogP) is 5.06. The molecule has 0 unspecified atom stereocenters. The summed E-state index contributed by atoms with van der Waals surface area (Å²) in [6, 6.07) is 19.6. The van der Waals surface area contributed by atoms with E-state index in [-0.39, 0.29) is 0 Å². The summed E-state index contributed by atoms with van der Waals surface area (Å²) in [7, 11) is 0. The predicted molar refractivity (Wildman–Crippen MR) is 96.8 cm³/mol. The summed E-state index contributed by atoms with van der Waals surface area (Å²) in [5, 5.41) is 5.17. The van der Waals surface area contributed by atoms with Crippen molar-refractivity contribution in [3.8, 4) is 0 Å². The molecule has 2 N–H and O–H groups in total. The number of H-pyrrole nitrogens is 2. The van der Waals surface area contributed by atoms with Crippen LogP contribution in [0.2, 0.25) is 0 Å². The van der Waals surface area contributed by atoms with Crippen LogP contribution in [0.3, 0.4) is 0 Å². The van der Waals surface area contributed by atoms with Crippen LogP contribution in [-0.4, -0.2) is 4.98 Å². The van der Waals surface area contributed by atoms with Gasteiger partial charge in [0.25, 0.3) is 0 Å². The van der Waals surface area contributed by atoms with Gasteiger partial charge in [-0.15, -0.1) is 0 Å². The summed E-state index contributed by atoms with van der Waals surface area (Å²) in [4.78, 5) is 7.14. The molecule has 0 saturated carbocycles. The Hall–Kier alpha value is -2.87. The number of para-hydroxylation sites is 1. The zero-order chi connectivity index (χ0) is 15.6. The fourth-order valence-electron chi connectivity index (χ4n) is 3.65. The van der Waals surface area contributed by atoms with Gasteiger partial charge in [-0.3, -0.25) is 0 Å². The second-order valence-electron chi connectivity index (χ2n) is 6.36.